The summed E-state index contributed by atoms with van der Waals surface area (Å²) in [7, 11) is 0. The van der Waals surface area contributed by atoms with Gasteiger partial charge >= 0.3 is 0 Å². The Hall–Kier alpha value is -5.76. The molecule has 6 aromatic heterocycles. The van der Waals surface area contributed by atoms with E-state index in [1.807, 2.05) is 35.6 Å². The van der Waals surface area contributed by atoms with E-state index in [4.69, 9.17) is 35.9 Å². The number of nitrogens with zero attached hydrogens (tertiary/aromatic N) is 12. The van der Waals surface area contributed by atoms with E-state index in [-0.39, 0.29) is 6.04 Å². The lowest BCUT2D eigenvalue weighted by atomic mass is 10.0. The van der Waals surface area contributed by atoms with Crippen LogP contribution in [0.5, 0.6) is 0 Å². The molecule has 1 atom stereocenters. The summed E-state index contributed by atoms with van der Waals surface area (Å²) in [4.78, 5) is 26.1. The van der Waals surface area contributed by atoms with Crippen LogP contribution < -0.4 is 16.3 Å². The number of hydrogen-bond acceptors (Lipinski definition) is 9. The van der Waals surface area contributed by atoms with Gasteiger partial charge in [-0.3, -0.25) is 9.36 Å². The SMILES string of the molecule is CCN(CC)CCCCc1cc(C)cc2c3cnc(-c4cc(C)nn4CC)nc3n(C/C=C/Cn3c4c(c5cnc(-c6cc(C)nn6CC)nc53)=CC(C(C)N)=CCC=4CCCCN3CCCCC3)c12. The fraction of sp³-hybridized carbons (Fsp3) is 0.509. The molecule has 1 aliphatic carbocycles. The maximum atomic E-state index is 6.70. The van der Waals surface area contributed by atoms with E-state index in [1.54, 1.807) is 0 Å². The van der Waals surface area contributed by atoms with Crippen molar-refractivity contribution < 1.29 is 0 Å². The number of aromatic nitrogens is 10. The molecule has 13 nitrogen and oxygen atoms in total. The first kappa shape index (κ1) is 49.2. The molecule has 0 bridgehead atoms. The first-order valence-corrected chi connectivity index (χ1v) is 26.6. The van der Waals surface area contributed by atoms with E-state index in [9.17, 15) is 0 Å². The summed E-state index contributed by atoms with van der Waals surface area (Å²) in [6.45, 7) is 26.9. The summed E-state index contributed by atoms with van der Waals surface area (Å²) in [5.74, 6) is 1.39. The summed E-state index contributed by atoms with van der Waals surface area (Å²) in [5, 5.41) is 15.3. The summed E-state index contributed by atoms with van der Waals surface area (Å²) in [6, 6.07) is 8.84. The Balaban J connectivity index is 1.14. The Kier molecular flexibility index (Phi) is 15.6. The Bertz CT molecular complexity index is 3140. The third kappa shape index (κ3) is 10.3. The quantitative estimate of drug-likeness (QED) is 0.0554. The highest BCUT2D eigenvalue weighted by molar-refractivity contribution is 6.08. The molecule has 1 unspecified atom stereocenters. The molecular weight excluding hydrogens is 867 g/mol. The molecule has 2 aliphatic rings. The third-order valence-electron chi connectivity index (χ3n) is 14.8. The van der Waals surface area contributed by atoms with E-state index in [0.717, 1.165) is 115 Å². The van der Waals surface area contributed by atoms with Crippen molar-refractivity contribution in [3.63, 3.8) is 0 Å². The number of allylic oxidation sites excluding steroid dienone is 3. The Labute approximate surface area is 414 Å². The topological polar surface area (TPSA) is 130 Å². The zero-order valence-electron chi connectivity index (χ0n) is 43.4. The number of aryl methyl sites for hydroxylation is 6. The number of hydrogen-bond donors (Lipinski definition) is 1. The van der Waals surface area contributed by atoms with Crippen molar-refractivity contribution in [1.29, 1.82) is 0 Å². The summed E-state index contributed by atoms with van der Waals surface area (Å²) < 4.78 is 8.93. The minimum Gasteiger partial charge on any atom is -0.324 e. The highest BCUT2D eigenvalue weighted by atomic mass is 15.3. The second kappa shape index (κ2) is 22.1. The van der Waals surface area contributed by atoms with Gasteiger partial charge in [-0.05, 0) is 180 Å². The van der Waals surface area contributed by atoms with Gasteiger partial charge in [0.2, 0.25) is 0 Å². The van der Waals surface area contributed by atoms with Crippen LogP contribution in [-0.2, 0) is 32.6 Å². The minimum absolute atomic E-state index is 0.0928. The standard InChI is InChI=1S/C57H77N13/c1-9-65(10-2)26-18-15-23-45-32-39(5)33-46-48-37-59-54(50-34-40(6)63-69(50)11-3)61-56(48)68(53(45)46)31-21-20-30-67-52-43(22-14-19-29-66-27-16-13-17-28-66)24-25-44(42(8)58)36-47(52)49-38-60-55(62-57(49)67)51-35-41(7)64-70(51)12-4/h20-21,25,32-38,42H,9-19,22-24,26-31,58H2,1-8H3/b21-20+. The van der Waals surface area contributed by atoms with E-state index in [1.165, 1.54) is 89.9 Å². The molecule has 70 heavy (non-hydrogen) atoms. The van der Waals surface area contributed by atoms with Gasteiger partial charge in [0, 0.05) is 66.0 Å². The fourth-order valence-corrected chi connectivity index (χ4v) is 11.2. The van der Waals surface area contributed by atoms with Gasteiger partial charge < -0.3 is 24.7 Å². The van der Waals surface area contributed by atoms with Crippen molar-refractivity contribution in [3.8, 4) is 23.0 Å². The molecule has 1 aromatic carbocycles. The van der Waals surface area contributed by atoms with Gasteiger partial charge in [0.05, 0.1) is 22.3 Å². The number of fused-ring (bicyclic) bond motifs is 6. The van der Waals surface area contributed by atoms with Crippen LogP contribution in [0.3, 0.4) is 0 Å². The second-order valence-corrected chi connectivity index (χ2v) is 19.9. The Morgan fingerprint density at radius 2 is 1.34 bits per heavy atom. The number of unbranched alkanes of at least 4 members (excludes halogenated alkanes) is 2. The van der Waals surface area contributed by atoms with Crippen molar-refractivity contribution in [2.75, 3.05) is 39.3 Å². The maximum Gasteiger partial charge on any atom is 0.179 e. The zero-order valence-corrected chi connectivity index (χ0v) is 43.4. The van der Waals surface area contributed by atoms with Crippen LogP contribution in [0.25, 0.3) is 67.7 Å². The molecule has 0 saturated carbocycles. The molecule has 1 aliphatic heterocycles. The van der Waals surface area contributed by atoms with Gasteiger partial charge in [-0.15, -0.1) is 0 Å². The predicted molar refractivity (Wildman–Crippen MR) is 288 cm³/mol. The van der Waals surface area contributed by atoms with Gasteiger partial charge in [0.1, 0.15) is 22.7 Å². The molecule has 1 fully saturated rings. The number of piperidine rings is 1. The monoisotopic (exact) mass is 944 g/mol. The molecule has 0 spiro atoms. The molecule has 7 heterocycles. The molecule has 7 aromatic rings. The number of benzene rings is 1. The maximum absolute atomic E-state index is 6.70. The average Bonchev–Trinajstić information content (AvgIpc) is 4.08. The lowest BCUT2D eigenvalue weighted by molar-refractivity contribution is 0.225. The average molecular weight is 944 g/mol. The molecular formula is C57H77N13. The fourth-order valence-electron chi connectivity index (χ4n) is 11.2. The highest BCUT2D eigenvalue weighted by Gasteiger charge is 2.22. The van der Waals surface area contributed by atoms with Gasteiger partial charge in [0.15, 0.2) is 11.6 Å². The second-order valence-electron chi connectivity index (χ2n) is 19.9. The first-order valence-electron chi connectivity index (χ1n) is 26.6. The van der Waals surface area contributed by atoms with E-state index in [2.05, 4.69) is 109 Å². The van der Waals surface area contributed by atoms with Gasteiger partial charge in [-0.25, -0.2) is 19.9 Å². The summed E-state index contributed by atoms with van der Waals surface area (Å²) in [5.41, 5.74) is 18.9. The van der Waals surface area contributed by atoms with Crippen LogP contribution in [0.2, 0.25) is 0 Å². The molecule has 1 saturated heterocycles. The number of nitrogens with two attached hydrogens (primary N) is 1. The molecule has 2 N–H and O–H groups in total. The van der Waals surface area contributed by atoms with Crippen LogP contribution in [0.1, 0.15) is 115 Å². The minimum atomic E-state index is -0.0928. The zero-order chi connectivity index (χ0) is 48.9. The van der Waals surface area contributed by atoms with Gasteiger partial charge in [-0.1, -0.05) is 50.1 Å². The van der Waals surface area contributed by atoms with Crippen LogP contribution in [-0.4, -0.2) is 104 Å². The molecule has 9 rings (SSSR count). The molecule has 0 amide bonds. The van der Waals surface area contributed by atoms with Gasteiger partial charge in [-0.2, -0.15) is 10.2 Å². The Morgan fingerprint density at radius 1 is 0.714 bits per heavy atom. The molecule has 13 heteroatoms. The lowest BCUT2D eigenvalue weighted by Gasteiger charge is -2.26. The molecule has 370 valence electrons. The van der Waals surface area contributed by atoms with Crippen LogP contribution in [0.4, 0.5) is 0 Å². The normalized spacial score (nSPS) is 15.2. The lowest BCUT2D eigenvalue weighted by Crippen LogP contribution is -2.32. The van der Waals surface area contributed by atoms with E-state index < -0.39 is 0 Å². The predicted octanol–water partition coefficient (Wildman–Crippen LogP) is 9.21. The highest BCUT2D eigenvalue weighted by Crippen LogP contribution is 2.34. The van der Waals surface area contributed by atoms with Crippen LogP contribution in [0, 0.1) is 20.8 Å². The molecule has 0 radical (unpaired) electrons. The van der Waals surface area contributed by atoms with Gasteiger partial charge in [0.25, 0.3) is 0 Å². The van der Waals surface area contributed by atoms with Crippen LogP contribution >= 0.6 is 0 Å². The largest absolute Gasteiger partial charge is 0.324 e. The van der Waals surface area contributed by atoms with E-state index >= 15 is 0 Å². The Morgan fingerprint density at radius 3 is 1.99 bits per heavy atom. The number of rotatable bonds is 21. The van der Waals surface area contributed by atoms with Crippen molar-refractivity contribution in [1.82, 2.24) is 58.4 Å². The smallest absolute Gasteiger partial charge is 0.179 e. The number of likely N-dealkylation sites (tertiary alicyclic amines) is 1. The third-order valence-corrected chi connectivity index (χ3v) is 14.8. The first-order chi connectivity index (χ1) is 34.1. The van der Waals surface area contributed by atoms with Crippen molar-refractivity contribution in [2.45, 2.75) is 152 Å². The van der Waals surface area contributed by atoms with Crippen molar-refractivity contribution in [2.24, 2.45) is 5.73 Å². The summed E-state index contributed by atoms with van der Waals surface area (Å²) in [6.07, 6.45) is 25.0. The summed E-state index contributed by atoms with van der Waals surface area (Å²) >= 11 is 0. The van der Waals surface area contributed by atoms with Crippen molar-refractivity contribution >= 4 is 44.6 Å². The van der Waals surface area contributed by atoms with E-state index in [0.29, 0.717) is 24.7 Å². The van der Waals surface area contributed by atoms with Crippen LogP contribution in [0.15, 0.2) is 60.5 Å². The van der Waals surface area contributed by atoms with Crippen molar-refractivity contribution in [3.05, 3.63) is 93.5 Å².